The van der Waals surface area contributed by atoms with Gasteiger partial charge in [0.05, 0.1) is 13.2 Å². The second-order valence-electron chi connectivity index (χ2n) is 5.92. The van der Waals surface area contributed by atoms with Crippen LogP contribution in [0.2, 0.25) is 0 Å². The van der Waals surface area contributed by atoms with Crippen molar-refractivity contribution >= 4 is 11.6 Å². The van der Waals surface area contributed by atoms with Gasteiger partial charge in [0, 0.05) is 11.1 Å². The third-order valence-corrected chi connectivity index (χ3v) is 3.85. The number of benzene rings is 2. The van der Waals surface area contributed by atoms with Gasteiger partial charge in [0.1, 0.15) is 11.5 Å². The number of ketones is 2. The zero-order chi connectivity index (χ0) is 18.1. The van der Waals surface area contributed by atoms with E-state index in [-0.39, 0.29) is 11.6 Å². The van der Waals surface area contributed by atoms with Crippen LogP contribution >= 0.6 is 0 Å². The van der Waals surface area contributed by atoms with Crippen LogP contribution in [0, 0.1) is 0 Å². The summed E-state index contributed by atoms with van der Waals surface area (Å²) in [4.78, 5) is 22.4. The number of hydrogen-bond acceptors (Lipinski definition) is 4. The summed E-state index contributed by atoms with van der Waals surface area (Å²) in [5.74, 6) is 1.68. The average Bonchev–Trinajstić information content (AvgIpc) is 2.61. The first kappa shape index (κ1) is 18.7. The molecule has 0 bridgehead atoms. The highest BCUT2D eigenvalue weighted by Gasteiger charge is 2.01. The van der Waals surface area contributed by atoms with Gasteiger partial charge in [-0.25, -0.2) is 0 Å². The van der Waals surface area contributed by atoms with Crippen LogP contribution in [-0.4, -0.2) is 24.8 Å². The summed E-state index contributed by atoms with van der Waals surface area (Å²) in [6.07, 6.45) is 2.90. The molecule has 25 heavy (non-hydrogen) atoms. The molecule has 4 nitrogen and oxygen atoms in total. The molecule has 0 atom stereocenters. The standard InChI is InChI=1S/C21H24O4/c1-16(22)18-6-10-20(11-7-18)24-14-4-3-5-15-25-21-12-8-19(9-13-21)17(2)23/h6-13H,3-5,14-15H2,1-2H3. The molecule has 132 valence electrons. The Kier molecular flexibility index (Phi) is 7.20. The molecule has 0 heterocycles. The van der Waals surface area contributed by atoms with Crippen LogP contribution < -0.4 is 9.47 Å². The first-order valence-electron chi connectivity index (χ1n) is 8.54. The van der Waals surface area contributed by atoms with E-state index in [9.17, 15) is 9.59 Å². The number of ether oxygens (including phenoxy) is 2. The lowest BCUT2D eigenvalue weighted by atomic mass is 10.1. The lowest BCUT2D eigenvalue weighted by Crippen LogP contribution is -2.01. The van der Waals surface area contributed by atoms with Gasteiger partial charge in [-0.05, 0) is 81.6 Å². The van der Waals surface area contributed by atoms with Gasteiger partial charge in [-0.15, -0.1) is 0 Å². The monoisotopic (exact) mass is 340 g/mol. The Morgan fingerprint density at radius 1 is 0.640 bits per heavy atom. The summed E-state index contributed by atoms with van der Waals surface area (Å²) < 4.78 is 11.3. The van der Waals surface area contributed by atoms with Crippen LogP contribution in [0.3, 0.4) is 0 Å². The van der Waals surface area contributed by atoms with Crippen molar-refractivity contribution in [1.82, 2.24) is 0 Å². The van der Waals surface area contributed by atoms with Crippen molar-refractivity contribution in [2.45, 2.75) is 33.1 Å². The molecule has 0 unspecified atom stereocenters. The molecule has 0 aromatic heterocycles. The first-order valence-corrected chi connectivity index (χ1v) is 8.54. The van der Waals surface area contributed by atoms with Crippen molar-refractivity contribution in [2.75, 3.05) is 13.2 Å². The molecule has 2 aromatic rings. The second kappa shape index (κ2) is 9.62. The molecular weight excluding hydrogens is 316 g/mol. The molecule has 0 aliphatic heterocycles. The van der Waals surface area contributed by atoms with E-state index >= 15 is 0 Å². The predicted octanol–water partition coefficient (Wildman–Crippen LogP) is 4.72. The molecule has 0 saturated carbocycles. The highest BCUT2D eigenvalue weighted by atomic mass is 16.5. The summed E-state index contributed by atoms with van der Waals surface area (Å²) in [6, 6.07) is 14.4. The summed E-state index contributed by atoms with van der Waals surface area (Å²) >= 11 is 0. The lowest BCUT2D eigenvalue weighted by Gasteiger charge is -2.08. The van der Waals surface area contributed by atoms with Gasteiger partial charge in [-0.3, -0.25) is 9.59 Å². The molecule has 0 radical (unpaired) electrons. The Morgan fingerprint density at radius 3 is 1.32 bits per heavy atom. The number of unbranched alkanes of at least 4 members (excludes halogenated alkanes) is 2. The molecular formula is C21H24O4. The van der Waals surface area contributed by atoms with Crippen LogP contribution in [0.15, 0.2) is 48.5 Å². The van der Waals surface area contributed by atoms with Crippen molar-refractivity contribution in [3.63, 3.8) is 0 Å². The zero-order valence-electron chi connectivity index (χ0n) is 14.8. The maximum absolute atomic E-state index is 11.2. The Hall–Kier alpha value is -2.62. The molecule has 0 N–H and O–H groups in total. The van der Waals surface area contributed by atoms with Crippen molar-refractivity contribution in [1.29, 1.82) is 0 Å². The second-order valence-corrected chi connectivity index (χ2v) is 5.92. The van der Waals surface area contributed by atoms with Gasteiger partial charge in [-0.1, -0.05) is 0 Å². The van der Waals surface area contributed by atoms with Gasteiger partial charge in [0.15, 0.2) is 11.6 Å². The quantitative estimate of drug-likeness (QED) is 0.464. The number of carbonyl (C=O) groups is 2. The van der Waals surface area contributed by atoms with Gasteiger partial charge in [0.25, 0.3) is 0 Å². The van der Waals surface area contributed by atoms with E-state index in [1.165, 1.54) is 0 Å². The molecule has 0 spiro atoms. The summed E-state index contributed by atoms with van der Waals surface area (Å²) in [5.41, 5.74) is 1.39. The fraction of sp³-hybridized carbons (Fsp3) is 0.333. The van der Waals surface area contributed by atoms with E-state index in [0.29, 0.717) is 24.3 Å². The molecule has 4 heteroatoms. The topological polar surface area (TPSA) is 52.6 Å². The van der Waals surface area contributed by atoms with E-state index in [1.54, 1.807) is 38.1 Å². The molecule has 0 amide bonds. The summed E-state index contributed by atoms with van der Waals surface area (Å²) in [7, 11) is 0. The molecule has 0 saturated heterocycles. The highest BCUT2D eigenvalue weighted by molar-refractivity contribution is 5.94. The van der Waals surface area contributed by atoms with Crippen LogP contribution in [0.1, 0.15) is 53.8 Å². The smallest absolute Gasteiger partial charge is 0.159 e. The summed E-state index contributed by atoms with van der Waals surface area (Å²) in [6.45, 7) is 4.39. The van der Waals surface area contributed by atoms with Crippen molar-refractivity contribution in [2.24, 2.45) is 0 Å². The van der Waals surface area contributed by atoms with Crippen LogP contribution in [0.4, 0.5) is 0 Å². The third kappa shape index (κ3) is 6.42. The van der Waals surface area contributed by atoms with E-state index in [4.69, 9.17) is 9.47 Å². The Morgan fingerprint density at radius 2 is 1.00 bits per heavy atom. The first-order chi connectivity index (χ1) is 12.1. The van der Waals surface area contributed by atoms with Gasteiger partial charge < -0.3 is 9.47 Å². The third-order valence-electron chi connectivity index (χ3n) is 3.85. The number of hydrogen-bond donors (Lipinski definition) is 0. The molecule has 0 aliphatic rings. The fourth-order valence-corrected chi connectivity index (χ4v) is 2.33. The van der Waals surface area contributed by atoms with Crippen molar-refractivity contribution in [3.8, 4) is 11.5 Å². The van der Waals surface area contributed by atoms with Gasteiger partial charge >= 0.3 is 0 Å². The van der Waals surface area contributed by atoms with Crippen LogP contribution in [0.5, 0.6) is 11.5 Å². The van der Waals surface area contributed by atoms with Crippen molar-refractivity contribution in [3.05, 3.63) is 59.7 Å². The highest BCUT2D eigenvalue weighted by Crippen LogP contribution is 2.14. The fourth-order valence-electron chi connectivity index (χ4n) is 2.33. The molecule has 0 aliphatic carbocycles. The van der Waals surface area contributed by atoms with Crippen LogP contribution in [-0.2, 0) is 0 Å². The predicted molar refractivity (Wildman–Crippen MR) is 97.7 cm³/mol. The largest absolute Gasteiger partial charge is 0.494 e. The van der Waals surface area contributed by atoms with Gasteiger partial charge in [-0.2, -0.15) is 0 Å². The minimum atomic E-state index is 0.0579. The Labute approximate surface area is 148 Å². The number of rotatable bonds is 10. The average molecular weight is 340 g/mol. The van der Waals surface area contributed by atoms with E-state index in [1.807, 2.05) is 24.3 Å². The van der Waals surface area contributed by atoms with Crippen molar-refractivity contribution < 1.29 is 19.1 Å². The minimum Gasteiger partial charge on any atom is -0.494 e. The van der Waals surface area contributed by atoms with E-state index in [0.717, 1.165) is 30.8 Å². The Bertz CT molecular complexity index is 625. The molecule has 2 rings (SSSR count). The normalized spacial score (nSPS) is 10.3. The van der Waals surface area contributed by atoms with Crippen LogP contribution in [0.25, 0.3) is 0 Å². The number of carbonyl (C=O) groups excluding carboxylic acids is 2. The minimum absolute atomic E-state index is 0.0579. The summed E-state index contributed by atoms with van der Waals surface area (Å²) in [5, 5.41) is 0. The molecule has 0 fully saturated rings. The van der Waals surface area contributed by atoms with Gasteiger partial charge in [0.2, 0.25) is 0 Å². The van der Waals surface area contributed by atoms with E-state index < -0.39 is 0 Å². The maximum Gasteiger partial charge on any atom is 0.159 e. The maximum atomic E-state index is 11.2. The lowest BCUT2D eigenvalue weighted by molar-refractivity contribution is 0.100. The number of Topliss-reactive ketones (excluding diaryl/α,β-unsaturated/α-hetero) is 2. The van der Waals surface area contributed by atoms with E-state index in [2.05, 4.69) is 0 Å². The SMILES string of the molecule is CC(=O)c1ccc(OCCCCCOc2ccc(C(C)=O)cc2)cc1. The Balaban J connectivity index is 1.57. The molecule has 2 aromatic carbocycles. The zero-order valence-corrected chi connectivity index (χ0v) is 14.8.